The summed E-state index contributed by atoms with van der Waals surface area (Å²) in [5, 5.41) is 2.77. The first-order chi connectivity index (χ1) is 7.09. The molecule has 0 saturated heterocycles. The second-order valence-corrected chi connectivity index (χ2v) is 4.40. The second kappa shape index (κ2) is 5.88. The van der Waals surface area contributed by atoms with Crippen LogP contribution in [0.3, 0.4) is 0 Å². The molecule has 3 N–H and O–H groups in total. The molecule has 0 bridgehead atoms. The number of rotatable bonds is 4. The molecule has 0 radical (unpaired) electrons. The van der Waals surface area contributed by atoms with Crippen LogP contribution >= 0.6 is 15.9 Å². The number of nitrogens with two attached hydrogens (primary N) is 1. The monoisotopic (exact) mass is 270 g/mol. The van der Waals surface area contributed by atoms with Crippen molar-refractivity contribution in [3.05, 3.63) is 34.3 Å². The van der Waals surface area contributed by atoms with Gasteiger partial charge in [0.05, 0.1) is 6.42 Å². The fraction of sp³-hybridized carbons (Fsp3) is 0.364. The van der Waals surface area contributed by atoms with Gasteiger partial charge < -0.3 is 11.1 Å². The molecule has 0 heterocycles. The molecule has 0 aliphatic heterocycles. The summed E-state index contributed by atoms with van der Waals surface area (Å²) in [6, 6.07) is 7.68. The third kappa shape index (κ3) is 4.44. The van der Waals surface area contributed by atoms with E-state index in [9.17, 15) is 4.79 Å². The molecule has 0 fully saturated rings. The molecule has 0 aliphatic rings. The fourth-order valence-electron chi connectivity index (χ4n) is 1.15. The zero-order valence-corrected chi connectivity index (χ0v) is 10.3. The zero-order chi connectivity index (χ0) is 11.3. The SMILES string of the molecule is CC(N)CNC(=O)Cc1ccccc1Br. The summed E-state index contributed by atoms with van der Waals surface area (Å²) in [5.74, 6) is -0.000741. The minimum absolute atomic E-state index is 0.000741. The molecule has 0 aromatic heterocycles. The Balaban J connectivity index is 2.48. The second-order valence-electron chi connectivity index (χ2n) is 3.55. The number of hydrogen-bond donors (Lipinski definition) is 2. The summed E-state index contributed by atoms with van der Waals surface area (Å²) in [4.78, 5) is 11.5. The topological polar surface area (TPSA) is 55.1 Å². The van der Waals surface area contributed by atoms with Gasteiger partial charge in [0.25, 0.3) is 0 Å². The quantitative estimate of drug-likeness (QED) is 0.871. The van der Waals surface area contributed by atoms with Crippen LogP contribution < -0.4 is 11.1 Å². The smallest absolute Gasteiger partial charge is 0.224 e. The summed E-state index contributed by atoms with van der Waals surface area (Å²) in [7, 11) is 0. The Morgan fingerprint density at radius 2 is 2.20 bits per heavy atom. The molecular formula is C11H15BrN2O. The van der Waals surface area contributed by atoms with Crippen LogP contribution in [-0.4, -0.2) is 18.5 Å². The van der Waals surface area contributed by atoms with E-state index >= 15 is 0 Å². The lowest BCUT2D eigenvalue weighted by Crippen LogP contribution is -2.35. The van der Waals surface area contributed by atoms with Crippen molar-refractivity contribution in [3.8, 4) is 0 Å². The van der Waals surface area contributed by atoms with Crippen molar-refractivity contribution in [2.24, 2.45) is 5.73 Å². The molecule has 0 saturated carbocycles. The molecule has 1 rings (SSSR count). The van der Waals surface area contributed by atoms with Crippen molar-refractivity contribution in [2.75, 3.05) is 6.54 Å². The van der Waals surface area contributed by atoms with Crippen LogP contribution in [-0.2, 0) is 11.2 Å². The van der Waals surface area contributed by atoms with Crippen LogP contribution in [0.25, 0.3) is 0 Å². The third-order valence-corrected chi connectivity index (χ3v) is 2.70. The molecule has 15 heavy (non-hydrogen) atoms. The fourth-order valence-corrected chi connectivity index (χ4v) is 1.58. The van der Waals surface area contributed by atoms with Crippen LogP contribution in [0.1, 0.15) is 12.5 Å². The largest absolute Gasteiger partial charge is 0.354 e. The van der Waals surface area contributed by atoms with E-state index in [1.54, 1.807) is 0 Å². The van der Waals surface area contributed by atoms with Gasteiger partial charge in [-0.15, -0.1) is 0 Å². The maximum atomic E-state index is 11.5. The Morgan fingerprint density at radius 1 is 1.53 bits per heavy atom. The Kier molecular flexibility index (Phi) is 4.78. The lowest BCUT2D eigenvalue weighted by atomic mass is 10.1. The van der Waals surface area contributed by atoms with Crippen molar-refractivity contribution >= 4 is 21.8 Å². The predicted octanol–water partition coefficient (Wildman–Crippen LogP) is 1.46. The first kappa shape index (κ1) is 12.2. The van der Waals surface area contributed by atoms with E-state index in [1.165, 1.54) is 0 Å². The number of hydrogen-bond acceptors (Lipinski definition) is 2. The van der Waals surface area contributed by atoms with Gasteiger partial charge >= 0.3 is 0 Å². The number of carbonyl (C=O) groups is 1. The lowest BCUT2D eigenvalue weighted by molar-refractivity contribution is -0.120. The summed E-state index contributed by atoms with van der Waals surface area (Å²) in [6.45, 7) is 2.38. The van der Waals surface area contributed by atoms with E-state index < -0.39 is 0 Å². The highest BCUT2D eigenvalue weighted by molar-refractivity contribution is 9.10. The summed E-state index contributed by atoms with van der Waals surface area (Å²) in [6.07, 6.45) is 0.383. The van der Waals surface area contributed by atoms with E-state index in [2.05, 4.69) is 21.2 Å². The number of carbonyl (C=O) groups excluding carboxylic acids is 1. The molecular weight excluding hydrogens is 256 g/mol. The maximum absolute atomic E-state index is 11.5. The number of benzene rings is 1. The van der Waals surface area contributed by atoms with Crippen LogP contribution in [0.15, 0.2) is 28.7 Å². The first-order valence-corrected chi connectivity index (χ1v) is 5.64. The summed E-state index contributed by atoms with van der Waals surface area (Å²) in [5.41, 5.74) is 6.53. The summed E-state index contributed by atoms with van der Waals surface area (Å²) < 4.78 is 0.959. The zero-order valence-electron chi connectivity index (χ0n) is 8.66. The van der Waals surface area contributed by atoms with Crippen molar-refractivity contribution in [3.63, 3.8) is 0 Å². The van der Waals surface area contributed by atoms with Gasteiger partial charge in [0.1, 0.15) is 0 Å². The van der Waals surface area contributed by atoms with Crippen LogP contribution in [0, 0.1) is 0 Å². The van der Waals surface area contributed by atoms with Crippen molar-refractivity contribution in [2.45, 2.75) is 19.4 Å². The minimum atomic E-state index is -0.00633. The molecule has 0 aliphatic carbocycles. The Labute approximate surface area is 98.2 Å². The normalized spacial score (nSPS) is 12.2. The minimum Gasteiger partial charge on any atom is -0.354 e. The Bertz CT molecular complexity index is 339. The van der Waals surface area contributed by atoms with Gasteiger partial charge in [0.15, 0.2) is 0 Å². The van der Waals surface area contributed by atoms with Gasteiger partial charge in [-0.3, -0.25) is 4.79 Å². The van der Waals surface area contributed by atoms with Crippen molar-refractivity contribution < 1.29 is 4.79 Å². The molecule has 1 amide bonds. The highest BCUT2D eigenvalue weighted by Gasteiger charge is 2.06. The maximum Gasteiger partial charge on any atom is 0.224 e. The van der Waals surface area contributed by atoms with Gasteiger partial charge in [-0.25, -0.2) is 0 Å². The average Bonchev–Trinajstić information content (AvgIpc) is 2.18. The van der Waals surface area contributed by atoms with Crippen molar-refractivity contribution in [1.82, 2.24) is 5.32 Å². The van der Waals surface area contributed by atoms with Crippen LogP contribution in [0.4, 0.5) is 0 Å². The third-order valence-electron chi connectivity index (χ3n) is 1.93. The average molecular weight is 271 g/mol. The number of halogens is 1. The van der Waals surface area contributed by atoms with E-state index in [-0.39, 0.29) is 11.9 Å². The lowest BCUT2D eigenvalue weighted by Gasteiger charge is -2.08. The van der Waals surface area contributed by atoms with E-state index in [0.29, 0.717) is 13.0 Å². The predicted molar refractivity (Wildman–Crippen MR) is 64.5 cm³/mol. The standard InChI is InChI=1S/C11H15BrN2O/c1-8(13)7-14-11(15)6-9-4-2-3-5-10(9)12/h2-5,8H,6-7,13H2,1H3,(H,14,15). The Hall–Kier alpha value is -0.870. The van der Waals surface area contributed by atoms with Crippen molar-refractivity contribution in [1.29, 1.82) is 0 Å². The molecule has 4 heteroatoms. The first-order valence-electron chi connectivity index (χ1n) is 4.85. The van der Waals surface area contributed by atoms with Gasteiger partial charge in [-0.2, -0.15) is 0 Å². The molecule has 1 aromatic rings. The summed E-state index contributed by atoms with van der Waals surface area (Å²) >= 11 is 3.40. The number of nitrogens with one attached hydrogen (secondary N) is 1. The molecule has 1 unspecified atom stereocenters. The van der Waals surface area contributed by atoms with Gasteiger partial charge in [-0.1, -0.05) is 34.1 Å². The van der Waals surface area contributed by atoms with Crippen LogP contribution in [0.5, 0.6) is 0 Å². The highest BCUT2D eigenvalue weighted by atomic mass is 79.9. The van der Waals surface area contributed by atoms with Crippen LogP contribution in [0.2, 0.25) is 0 Å². The molecule has 82 valence electrons. The Morgan fingerprint density at radius 3 is 2.80 bits per heavy atom. The number of amides is 1. The van der Waals surface area contributed by atoms with Gasteiger partial charge in [0, 0.05) is 17.1 Å². The molecule has 3 nitrogen and oxygen atoms in total. The van der Waals surface area contributed by atoms with E-state index in [4.69, 9.17) is 5.73 Å². The van der Waals surface area contributed by atoms with E-state index in [0.717, 1.165) is 10.0 Å². The molecule has 0 spiro atoms. The van der Waals surface area contributed by atoms with Gasteiger partial charge in [-0.05, 0) is 18.6 Å². The van der Waals surface area contributed by atoms with E-state index in [1.807, 2.05) is 31.2 Å². The highest BCUT2D eigenvalue weighted by Crippen LogP contribution is 2.15. The van der Waals surface area contributed by atoms with Gasteiger partial charge in [0.2, 0.25) is 5.91 Å². The molecule has 1 aromatic carbocycles. The molecule has 1 atom stereocenters.